The van der Waals surface area contributed by atoms with Crippen LogP contribution in [0.5, 0.6) is 0 Å². The zero-order valence-electron chi connectivity index (χ0n) is 15.8. The normalized spacial score (nSPS) is 16.0. The van der Waals surface area contributed by atoms with E-state index in [9.17, 15) is 14.4 Å². The molecule has 0 bridgehead atoms. The monoisotopic (exact) mass is 398 g/mol. The third kappa shape index (κ3) is 4.36. The molecule has 6 nitrogen and oxygen atoms in total. The molecule has 1 atom stereocenters. The molecule has 3 rings (SSSR count). The molecule has 2 aromatic rings. The summed E-state index contributed by atoms with van der Waals surface area (Å²) in [4.78, 5) is 39.8. The van der Waals surface area contributed by atoms with Crippen LogP contribution in [0.15, 0.2) is 53.4 Å². The van der Waals surface area contributed by atoms with E-state index in [1.165, 1.54) is 4.90 Å². The summed E-state index contributed by atoms with van der Waals surface area (Å²) >= 11 is 1.54. The number of hydrogen-bond donors (Lipinski definition) is 1. The van der Waals surface area contributed by atoms with E-state index in [0.29, 0.717) is 16.9 Å². The Labute approximate surface area is 168 Å². The molecule has 0 spiro atoms. The van der Waals surface area contributed by atoms with Crippen LogP contribution in [0, 0.1) is 0 Å². The number of amides is 2. The number of nitrogens with zero attached hydrogens (tertiary/aromatic N) is 1. The van der Waals surface area contributed by atoms with Crippen molar-refractivity contribution in [2.24, 2.45) is 0 Å². The standard InChI is InChI=1S/C21H22N2O4S/c1-3-28-18-11-7-4-8-15(18)21(26)27-13-20(25)23-14(2)12-19(24)22-16-9-5-6-10-17(16)23/h4-11,14H,3,12-13H2,1-2H3,(H,22,24)/t14-/m0/s1. The lowest BCUT2D eigenvalue weighted by Crippen LogP contribution is -2.41. The summed E-state index contributed by atoms with van der Waals surface area (Å²) in [5.41, 5.74) is 1.62. The number of para-hydroxylation sites is 2. The molecule has 0 aromatic heterocycles. The van der Waals surface area contributed by atoms with Crippen LogP contribution >= 0.6 is 11.8 Å². The Balaban J connectivity index is 1.76. The van der Waals surface area contributed by atoms with Gasteiger partial charge >= 0.3 is 5.97 Å². The molecule has 0 fully saturated rings. The number of benzene rings is 2. The van der Waals surface area contributed by atoms with Gasteiger partial charge in [0.25, 0.3) is 5.91 Å². The molecule has 0 radical (unpaired) electrons. The highest BCUT2D eigenvalue weighted by Crippen LogP contribution is 2.31. The molecule has 0 saturated heterocycles. The van der Waals surface area contributed by atoms with Gasteiger partial charge in [-0.15, -0.1) is 11.8 Å². The topological polar surface area (TPSA) is 75.7 Å². The molecular formula is C21H22N2O4S. The minimum atomic E-state index is -0.533. The fourth-order valence-electron chi connectivity index (χ4n) is 3.16. The summed E-state index contributed by atoms with van der Waals surface area (Å²) in [6.07, 6.45) is 0.171. The summed E-state index contributed by atoms with van der Waals surface area (Å²) < 4.78 is 5.31. The SMILES string of the molecule is CCSc1ccccc1C(=O)OCC(=O)N1c2ccccc2NC(=O)C[C@@H]1C. The molecule has 0 aliphatic carbocycles. The molecule has 1 heterocycles. The Hall–Kier alpha value is -2.80. The van der Waals surface area contributed by atoms with E-state index >= 15 is 0 Å². The second kappa shape index (κ2) is 8.93. The van der Waals surface area contributed by atoms with Gasteiger partial charge < -0.3 is 15.0 Å². The number of rotatable bonds is 5. The third-order valence-corrected chi connectivity index (χ3v) is 5.32. The lowest BCUT2D eigenvalue weighted by molar-refractivity contribution is -0.122. The lowest BCUT2D eigenvalue weighted by atomic mass is 10.1. The number of fused-ring (bicyclic) bond motifs is 1. The average Bonchev–Trinajstić information content (AvgIpc) is 2.80. The van der Waals surface area contributed by atoms with Crippen LogP contribution in [-0.4, -0.2) is 36.2 Å². The molecule has 0 saturated carbocycles. The fourth-order valence-corrected chi connectivity index (χ4v) is 3.95. The van der Waals surface area contributed by atoms with Crippen LogP contribution in [0.4, 0.5) is 11.4 Å². The van der Waals surface area contributed by atoms with Crippen molar-refractivity contribution in [3.63, 3.8) is 0 Å². The highest BCUT2D eigenvalue weighted by molar-refractivity contribution is 7.99. The average molecular weight is 398 g/mol. The van der Waals surface area contributed by atoms with Crippen LogP contribution in [0.3, 0.4) is 0 Å². The number of thioether (sulfide) groups is 1. The molecule has 0 unspecified atom stereocenters. The second-order valence-electron chi connectivity index (χ2n) is 6.39. The van der Waals surface area contributed by atoms with Gasteiger partial charge in [-0.3, -0.25) is 9.59 Å². The Bertz CT molecular complexity index is 899. The molecule has 7 heteroatoms. The van der Waals surface area contributed by atoms with E-state index in [-0.39, 0.29) is 24.3 Å². The van der Waals surface area contributed by atoms with Gasteiger partial charge in [0.1, 0.15) is 0 Å². The number of anilines is 2. The molecule has 2 amide bonds. The van der Waals surface area contributed by atoms with Crippen LogP contribution < -0.4 is 10.2 Å². The van der Waals surface area contributed by atoms with Gasteiger partial charge in [-0.2, -0.15) is 0 Å². The van der Waals surface area contributed by atoms with Crippen molar-refractivity contribution >= 4 is 40.9 Å². The first kappa shape index (κ1) is 19.9. The van der Waals surface area contributed by atoms with E-state index < -0.39 is 12.6 Å². The Morgan fingerprint density at radius 1 is 1.18 bits per heavy atom. The molecule has 1 aliphatic rings. The number of nitrogens with one attached hydrogen (secondary N) is 1. The van der Waals surface area contributed by atoms with Crippen molar-refractivity contribution in [2.75, 3.05) is 22.6 Å². The quantitative estimate of drug-likeness (QED) is 0.614. The van der Waals surface area contributed by atoms with Gasteiger partial charge in [-0.05, 0) is 36.9 Å². The minimum absolute atomic E-state index is 0.155. The first-order valence-corrected chi connectivity index (χ1v) is 10.1. The summed E-state index contributed by atoms with van der Waals surface area (Å²) in [5.74, 6) is -0.232. The van der Waals surface area contributed by atoms with E-state index in [0.717, 1.165) is 10.6 Å². The predicted molar refractivity (Wildman–Crippen MR) is 110 cm³/mol. The number of hydrogen-bond acceptors (Lipinski definition) is 5. The maximum atomic E-state index is 12.9. The van der Waals surface area contributed by atoms with Gasteiger partial charge in [0.15, 0.2) is 6.61 Å². The first-order chi connectivity index (χ1) is 13.5. The molecule has 146 valence electrons. The van der Waals surface area contributed by atoms with Crippen molar-refractivity contribution in [2.45, 2.75) is 31.2 Å². The summed E-state index contributed by atoms with van der Waals surface area (Å²) in [7, 11) is 0. The van der Waals surface area contributed by atoms with Gasteiger partial charge in [-0.1, -0.05) is 31.2 Å². The van der Waals surface area contributed by atoms with Gasteiger partial charge in [0, 0.05) is 17.4 Å². The van der Waals surface area contributed by atoms with E-state index in [2.05, 4.69) is 5.32 Å². The van der Waals surface area contributed by atoms with Crippen molar-refractivity contribution in [1.29, 1.82) is 0 Å². The van der Waals surface area contributed by atoms with Crippen molar-refractivity contribution < 1.29 is 19.1 Å². The lowest BCUT2D eigenvalue weighted by Gasteiger charge is -2.27. The Morgan fingerprint density at radius 3 is 2.68 bits per heavy atom. The summed E-state index contributed by atoms with van der Waals surface area (Å²) in [6.45, 7) is 3.41. The van der Waals surface area contributed by atoms with Gasteiger partial charge in [-0.25, -0.2) is 4.79 Å². The number of carbonyl (C=O) groups is 3. The molecule has 1 N–H and O–H groups in total. The van der Waals surface area contributed by atoms with Crippen molar-refractivity contribution in [3.8, 4) is 0 Å². The zero-order chi connectivity index (χ0) is 20.1. The Morgan fingerprint density at radius 2 is 1.89 bits per heavy atom. The third-order valence-electron chi connectivity index (χ3n) is 4.36. The van der Waals surface area contributed by atoms with Crippen LogP contribution in [0.25, 0.3) is 0 Å². The predicted octanol–water partition coefficient (Wildman–Crippen LogP) is 3.72. The van der Waals surface area contributed by atoms with E-state index in [1.54, 1.807) is 55.1 Å². The van der Waals surface area contributed by atoms with Crippen molar-refractivity contribution in [1.82, 2.24) is 0 Å². The highest BCUT2D eigenvalue weighted by Gasteiger charge is 2.30. The summed E-state index contributed by atoms with van der Waals surface area (Å²) in [6, 6.07) is 13.9. The minimum Gasteiger partial charge on any atom is -0.452 e. The van der Waals surface area contributed by atoms with Crippen LogP contribution in [-0.2, 0) is 14.3 Å². The smallest absolute Gasteiger partial charge is 0.339 e. The van der Waals surface area contributed by atoms with E-state index in [1.807, 2.05) is 19.1 Å². The molecule has 1 aliphatic heterocycles. The number of carbonyl (C=O) groups excluding carboxylic acids is 3. The molecule has 28 heavy (non-hydrogen) atoms. The number of esters is 1. The fraction of sp³-hybridized carbons (Fsp3) is 0.286. The Kier molecular flexibility index (Phi) is 6.36. The maximum absolute atomic E-state index is 12.9. The highest BCUT2D eigenvalue weighted by atomic mass is 32.2. The van der Waals surface area contributed by atoms with Gasteiger partial charge in [0.05, 0.1) is 16.9 Å². The van der Waals surface area contributed by atoms with Crippen molar-refractivity contribution in [3.05, 3.63) is 54.1 Å². The zero-order valence-corrected chi connectivity index (χ0v) is 16.6. The summed E-state index contributed by atoms with van der Waals surface area (Å²) in [5, 5.41) is 2.81. The largest absolute Gasteiger partial charge is 0.452 e. The van der Waals surface area contributed by atoms with Crippen LogP contribution in [0.1, 0.15) is 30.6 Å². The molecular weight excluding hydrogens is 376 g/mol. The van der Waals surface area contributed by atoms with Crippen LogP contribution in [0.2, 0.25) is 0 Å². The first-order valence-electron chi connectivity index (χ1n) is 9.11. The number of ether oxygens (including phenoxy) is 1. The second-order valence-corrected chi connectivity index (χ2v) is 7.69. The van der Waals surface area contributed by atoms with E-state index in [4.69, 9.17) is 4.74 Å². The van der Waals surface area contributed by atoms with Gasteiger partial charge in [0.2, 0.25) is 5.91 Å². The maximum Gasteiger partial charge on any atom is 0.339 e. The molecule has 2 aromatic carbocycles.